The number of anilines is 4. The summed E-state index contributed by atoms with van der Waals surface area (Å²) in [4.78, 5) is 4.30. The van der Waals surface area contributed by atoms with Crippen LogP contribution in [-0.2, 0) is 13.1 Å². The van der Waals surface area contributed by atoms with Crippen molar-refractivity contribution in [3.63, 3.8) is 0 Å². The summed E-state index contributed by atoms with van der Waals surface area (Å²) in [5.41, 5.74) is 6.99. The molecule has 0 spiro atoms. The fourth-order valence-electron chi connectivity index (χ4n) is 4.36. The highest BCUT2D eigenvalue weighted by molar-refractivity contribution is 6.30. The number of benzene rings is 3. The van der Waals surface area contributed by atoms with Gasteiger partial charge in [-0.2, -0.15) is 0 Å². The van der Waals surface area contributed by atoms with Crippen molar-refractivity contribution in [2.45, 2.75) is 13.1 Å². The average Bonchev–Trinajstić information content (AvgIpc) is 2.95. The molecule has 0 bridgehead atoms. The van der Waals surface area contributed by atoms with Crippen LogP contribution < -0.4 is 52.9 Å². The van der Waals surface area contributed by atoms with Crippen LogP contribution in [0.4, 0.5) is 22.7 Å². The monoisotopic (exact) mass is 698 g/mol. The summed E-state index contributed by atoms with van der Waals surface area (Å²) < 4.78 is 4.39. The van der Waals surface area contributed by atoms with Gasteiger partial charge in [0.25, 0.3) is 0 Å². The van der Waals surface area contributed by atoms with Crippen molar-refractivity contribution in [3.05, 3.63) is 143 Å². The summed E-state index contributed by atoms with van der Waals surface area (Å²) in [5, 5.41) is 1.49. The Morgan fingerprint density at radius 2 is 0.725 bits per heavy atom. The highest BCUT2D eigenvalue weighted by Crippen LogP contribution is 2.25. The lowest BCUT2D eigenvalue weighted by atomic mass is 10.1. The Kier molecular flexibility index (Phi) is 11.6. The van der Waals surface area contributed by atoms with Crippen LogP contribution >= 0.6 is 23.2 Å². The van der Waals surface area contributed by atoms with Crippen LogP contribution in [0, 0.1) is 0 Å². The van der Waals surface area contributed by atoms with Crippen LogP contribution in [0.25, 0.3) is 0 Å². The molecular formula is C32H30Br2Cl2N4. The minimum atomic E-state index is 0. The summed E-state index contributed by atoms with van der Waals surface area (Å²) in [7, 11) is 4.12. The Hall–Kier alpha value is -2.90. The maximum atomic E-state index is 6.02. The fourth-order valence-corrected chi connectivity index (χ4v) is 4.61. The minimum Gasteiger partial charge on any atom is -1.00 e. The van der Waals surface area contributed by atoms with Crippen LogP contribution in [0.3, 0.4) is 0 Å². The van der Waals surface area contributed by atoms with Crippen LogP contribution in [-0.4, -0.2) is 14.1 Å². The molecule has 8 heteroatoms. The maximum Gasteiger partial charge on any atom is 0.173 e. The predicted molar refractivity (Wildman–Crippen MR) is 157 cm³/mol. The van der Waals surface area contributed by atoms with Crippen molar-refractivity contribution in [3.8, 4) is 0 Å². The number of hydrogen-bond acceptors (Lipinski definition) is 2. The molecule has 0 fully saturated rings. The second-order valence-corrected chi connectivity index (χ2v) is 10.2. The van der Waals surface area contributed by atoms with E-state index in [4.69, 9.17) is 23.2 Å². The van der Waals surface area contributed by atoms with E-state index in [-0.39, 0.29) is 34.0 Å². The number of nitrogens with zero attached hydrogens (tertiary/aromatic N) is 4. The van der Waals surface area contributed by atoms with Gasteiger partial charge in [0.2, 0.25) is 0 Å². The SMILES string of the molecule is CN(c1ccc(Cl)cc1)c1cc[n+](Cc2ccc(C[n+]3ccc(N(C)c4ccc(Cl)cc4)cc3)cc2)cc1.[Br-].[Br-]. The van der Waals surface area contributed by atoms with Gasteiger partial charge in [-0.15, -0.1) is 0 Å². The smallest absolute Gasteiger partial charge is 0.173 e. The first-order chi connectivity index (χ1) is 18.4. The van der Waals surface area contributed by atoms with Gasteiger partial charge in [-0.25, -0.2) is 9.13 Å². The van der Waals surface area contributed by atoms with Crippen molar-refractivity contribution in [1.29, 1.82) is 0 Å². The molecule has 0 amide bonds. The number of rotatable bonds is 8. The quantitative estimate of drug-likeness (QED) is 0.226. The molecule has 0 aliphatic heterocycles. The molecule has 2 aromatic heterocycles. The molecule has 5 aromatic rings. The van der Waals surface area contributed by atoms with Crippen LogP contribution in [0.5, 0.6) is 0 Å². The van der Waals surface area contributed by atoms with Gasteiger partial charge in [-0.05, 0) is 48.5 Å². The van der Waals surface area contributed by atoms with Crippen molar-refractivity contribution in [2.24, 2.45) is 0 Å². The second-order valence-electron chi connectivity index (χ2n) is 9.34. The van der Waals surface area contributed by atoms with Gasteiger partial charge >= 0.3 is 0 Å². The normalized spacial score (nSPS) is 10.3. The molecule has 3 aromatic carbocycles. The zero-order valence-electron chi connectivity index (χ0n) is 22.3. The van der Waals surface area contributed by atoms with Gasteiger partial charge in [-0.1, -0.05) is 47.5 Å². The summed E-state index contributed by atoms with van der Waals surface area (Å²) in [6.45, 7) is 1.65. The third-order valence-corrected chi connectivity index (χ3v) is 7.21. The predicted octanol–water partition coefficient (Wildman–Crippen LogP) is 1.21. The lowest BCUT2D eigenvalue weighted by Crippen LogP contribution is -3.00. The van der Waals surface area contributed by atoms with Crippen molar-refractivity contribution in [2.75, 3.05) is 23.9 Å². The van der Waals surface area contributed by atoms with Gasteiger partial charge in [0.15, 0.2) is 37.9 Å². The lowest BCUT2D eigenvalue weighted by Gasteiger charge is -2.18. The van der Waals surface area contributed by atoms with Crippen LogP contribution in [0.15, 0.2) is 122 Å². The Labute approximate surface area is 267 Å². The molecule has 0 N–H and O–H groups in total. The van der Waals surface area contributed by atoms with Crippen molar-refractivity contribution >= 4 is 46.0 Å². The first-order valence-electron chi connectivity index (χ1n) is 12.5. The Morgan fingerprint density at radius 3 is 1.02 bits per heavy atom. The van der Waals surface area contributed by atoms with Gasteiger partial charge < -0.3 is 43.8 Å². The average molecular weight is 701 g/mol. The van der Waals surface area contributed by atoms with E-state index in [1.165, 1.54) is 11.1 Å². The van der Waals surface area contributed by atoms with Gasteiger partial charge in [0, 0.05) is 70.9 Å². The third-order valence-electron chi connectivity index (χ3n) is 6.70. The summed E-state index contributed by atoms with van der Waals surface area (Å²) in [5.74, 6) is 0. The summed E-state index contributed by atoms with van der Waals surface area (Å²) in [6, 6.07) is 33.1. The van der Waals surface area contributed by atoms with Gasteiger partial charge in [0.1, 0.15) is 0 Å². The van der Waals surface area contributed by atoms with Crippen LogP contribution in [0.1, 0.15) is 11.1 Å². The lowest BCUT2D eigenvalue weighted by molar-refractivity contribution is -0.688. The fraction of sp³-hybridized carbons (Fsp3) is 0.125. The second kappa shape index (κ2) is 14.6. The Morgan fingerprint density at radius 1 is 0.450 bits per heavy atom. The summed E-state index contributed by atoms with van der Waals surface area (Å²) in [6.07, 6.45) is 8.48. The van der Waals surface area contributed by atoms with Gasteiger partial charge in [0.05, 0.1) is 11.4 Å². The largest absolute Gasteiger partial charge is 1.00 e. The standard InChI is InChI=1S/C32H30Cl2N4.2BrH/c1-35(29-11-7-27(33)8-12-29)31-15-19-37(20-16-31)23-25-3-5-26(6-4-25)24-38-21-17-32(18-22-38)36(2)30-13-9-28(34)10-14-30;;/h3-22H,23-24H2,1-2H3;2*1H/q+2;;/p-2. The third kappa shape index (κ3) is 8.07. The molecule has 5 rings (SSSR count). The zero-order valence-corrected chi connectivity index (χ0v) is 26.9. The van der Waals surface area contributed by atoms with E-state index < -0.39 is 0 Å². The molecule has 0 saturated carbocycles. The first-order valence-corrected chi connectivity index (χ1v) is 13.2. The molecule has 2 heterocycles. The van der Waals surface area contributed by atoms with Crippen molar-refractivity contribution < 1.29 is 43.1 Å². The summed E-state index contributed by atoms with van der Waals surface area (Å²) >= 11 is 12.0. The van der Waals surface area contributed by atoms with E-state index in [0.29, 0.717) is 0 Å². The van der Waals surface area contributed by atoms with Crippen molar-refractivity contribution in [1.82, 2.24) is 0 Å². The van der Waals surface area contributed by atoms with Gasteiger partial charge in [-0.3, -0.25) is 0 Å². The molecule has 206 valence electrons. The highest BCUT2D eigenvalue weighted by atomic mass is 79.9. The molecule has 4 nitrogen and oxygen atoms in total. The molecule has 0 saturated heterocycles. The topological polar surface area (TPSA) is 14.2 Å². The van der Waals surface area contributed by atoms with E-state index in [2.05, 4.69) is 106 Å². The highest BCUT2D eigenvalue weighted by Gasteiger charge is 2.10. The van der Waals surface area contributed by atoms with E-state index >= 15 is 0 Å². The Balaban J connectivity index is 0.00000220. The molecular weight excluding hydrogens is 671 g/mol. The number of pyridine rings is 2. The Bertz CT molecular complexity index is 1360. The van der Waals surface area contributed by atoms with E-state index in [0.717, 1.165) is 45.9 Å². The van der Waals surface area contributed by atoms with E-state index in [1.807, 2.05) is 48.5 Å². The maximum absolute atomic E-state index is 6.02. The number of aromatic nitrogens is 2. The number of halogens is 4. The molecule has 0 unspecified atom stereocenters. The first kappa shape index (κ1) is 31.6. The van der Waals surface area contributed by atoms with E-state index in [1.54, 1.807) is 0 Å². The molecule has 0 atom stereocenters. The van der Waals surface area contributed by atoms with E-state index in [9.17, 15) is 0 Å². The zero-order chi connectivity index (χ0) is 26.5. The minimum absolute atomic E-state index is 0. The van der Waals surface area contributed by atoms with Crippen LogP contribution in [0.2, 0.25) is 10.0 Å². The molecule has 0 aliphatic rings. The molecule has 0 radical (unpaired) electrons. The molecule has 40 heavy (non-hydrogen) atoms. The molecule has 0 aliphatic carbocycles. The number of hydrogen-bond donors (Lipinski definition) is 0.